The Hall–Kier alpha value is -1.02. The minimum absolute atomic E-state index is 0.418. The highest BCUT2D eigenvalue weighted by Gasteiger charge is 2.30. The van der Waals surface area contributed by atoms with Crippen molar-refractivity contribution in [2.75, 3.05) is 6.54 Å². The number of hydrogen-bond donors (Lipinski definition) is 1. The number of benzene rings is 1. The first-order valence-corrected chi connectivity index (χ1v) is 7.33. The van der Waals surface area contributed by atoms with Crippen molar-refractivity contribution in [2.45, 2.75) is 57.5 Å². The van der Waals surface area contributed by atoms with Crippen LogP contribution >= 0.6 is 0 Å². The third kappa shape index (κ3) is 2.14. The van der Waals surface area contributed by atoms with E-state index in [1.807, 2.05) is 12.1 Å². The van der Waals surface area contributed by atoms with Crippen molar-refractivity contribution in [3.63, 3.8) is 0 Å². The average molecular weight is 245 g/mol. The van der Waals surface area contributed by atoms with Crippen molar-refractivity contribution >= 4 is 0 Å². The SMILES string of the molecule is CC1CCCCN1C1CCCc2cc(O)ccc21. The fourth-order valence-corrected chi connectivity index (χ4v) is 3.70. The van der Waals surface area contributed by atoms with Crippen molar-refractivity contribution in [3.05, 3.63) is 29.3 Å². The van der Waals surface area contributed by atoms with Gasteiger partial charge in [-0.1, -0.05) is 12.5 Å². The molecule has 1 aromatic carbocycles. The van der Waals surface area contributed by atoms with Gasteiger partial charge in [0.2, 0.25) is 0 Å². The third-order valence-corrected chi connectivity index (χ3v) is 4.66. The zero-order chi connectivity index (χ0) is 12.5. The largest absolute Gasteiger partial charge is 0.508 e. The van der Waals surface area contributed by atoms with Crippen molar-refractivity contribution in [1.82, 2.24) is 4.90 Å². The molecule has 0 amide bonds. The summed E-state index contributed by atoms with van der Waals surface area (Å²) >= 11 is 0. The van der Waals surface area contributed by atoms with Crippen LogP contribution in [0.1, 0.15) is 56.2 Å². The van der Waals surface area contributed by atoms with Gasteiger partial charge in [0.05, 0.1) is 0 Å². The molecule has 1 heterocycles. The van der Waals surface area contributed by atoms with Gasteiger partial charge in [-0.25, -0.2) is 0 Å². The Kier molecular flexibility index (Phi) is 3.29. The molecule has 1 aliphatic carbocycles. The molecule has 2 heteroatoms. The second kappa shape index (κ2) is 4.93. The zero-order valence-electron chi connectivity index (χ0n) is 11.2. The van der Waals surface area contributed by atoms with E-state index in [2.05, 4.69) is 17.9 Å². The van der Waals surface area contributed by atoms with Crippen LogP contribution in [0, 0.1) is 0 Å². The Labute approximate surface area is 110 Å². The molecule has 0 saturated carbocycles. The molecular formula is C16H23NO. The molecule has 2 nitrogen and oxygen atoms in total. The summed E-state index contributed by atoms with van der Waals surface area (Å²) in [4.78, 5) is 2.69. The van der Waals surface area contributed by atoms with Crippen LogP contribution in [0.2, 0.25) is 0 Å². The van der Waals surface area contributed by atoms with Crippen molar-refractivity contribution in [1.29, 1.82) is 0 Å². The second-order valence-corrected chi connectivity index (χ2v) is 5.87. The summed E-state index contributed by atoms with van der Waals surface area (Å²) in [6, 6.07) is 7.27. The monoisotopic (exact) mass is 245 g/mol. The van der Waals surface area contributed by atoms with Crippen molar-refractivity contribution in [2.24, 2.45) is 0 Å². The summed E-state index contributed by atoms with van der Waals surface area (Å²) in [6.45, 7) is 3.61. The zero-order valence-corrected chi connectivity index (χ0v) is 11.2. The molecule has 3 rings (SSSR count). The first-order valence-electron chi connectivity index (χ1n) is 7.33. The van der Waals surface area contributed by atoms with Crippen LogP contribution in [0.25, 0.3) is 0 Å². The molecule has 0 aromatic heterocycles. The van der Waals surface area contributed by atoms with E-state index in [1.165, 1.54) is 49.8 Å². The Morgan fingerprint density at radius 2 is 2.06 bits per heavy atom. The first-order chi connectivity index (χ1) is 8.75. The Balaban J connectivity index is 1.90. The maximum absolute atomic E-state index is 9.62. The van der Waals surface area contributed by atoms with Gasteiger partial charge in [0, 0.05) is 12.1 Å². The van der Waals surface area contributed by atoms with Gasteiger partial charge in [0.1, 0.15) is 5.75 Å². The predicted molar refractivity (Wildman–Crippen MR) is 73.8 cm³/mol. The minimum Gasteiger partial charge on any atom is -0.508 e. The van der Waals surface area contributed by atoms with Crippen molar-refractivity contribution in [3.8, 4) is 5.75 Å². The lowest BCUT2D eigenvalue weighted by Gasteiger charge is -2.42. The van der Waals surface area contributed by atoms with E-state index >= 15 is 0 Å². The van der Waals surface area contributed by atoms with Gasteiger partial charge in [0.25, 0.3) is 0 Å². The average Bonchev–Trinajstić information content (AvgIpc) is 2.38. The number of likely N-dealkylation sites (tertiary alicyclic amines) is 1. The molecular weight excluding hydrogens is 222 g/mol. The summed E-state index contributed by atoms with van der Waals surface area (Å²) in [5.74, 6) is 0.418. The van der Waals surface area contributed by atoms with E-state index < -0.39 is 0 Å². The van der Waals surface area contributed by atoms with Crippen LogP contribution in [-0.2, 0) is 6.42 Å². The summed E-state index contributed by atoms with van der Waals surface area (Å²) in [5.41, 5.74) is 2.83. The number of aryl methyl sites for hydroxylation is 1. The Morgan fingerprint density at radius 1 is 1.17 bits per heavy atom. The smallest absolute Gasteiger partial charge is 0.115 e. The number of piperidine rings is 1. The van der Waals surface area contributed by atoms with Crippen LogP contribution < -0.4 is 0 Å². The molecule has 1 N–H and O–H groups in total. The van der Waals surface area contributed by atoms with E-state index in [-0.39, 0.29) is 0 Å². The summed E-state index contributed by atoms with van der Waals surface area (Å²) < 4.78 is 0. The van der Waals surface area contributed by atoms with E-state index in [9.17, 15) is 5.11 Å². The van der Waals surface area contributed by atoms with E-state index in [1.54, 1.807) is 0 Å². The molecule has 2 atom stereocenters. The van der Waals surface area contributed by atoms with Gasteiger partial charge in [0.15, 0.2) is 0 Å². The number of hydrogen-bond acceptors (Lipinski definition) is 2. The molecule has 2 unspecified atom stereocenters. The fourth-order valence-electron chi connectivity index (χ4n) is 3.70. The second-order valence-electron chi connectivity index (χ2n) is 5.87. The number of nitrogens with zero attached hydrogens (tertiary/aromatic N) is 1. The van der Waals surface area contributed by atoms with Gasteiger partial charge >= 0.3 is 0 Å². The number of phenolic OH excluding ortho intramolecular Hbond substituents is 1. The number of fused-ring (bicyclic) bond motifs is 1. The molecule has 1 fully saturated rings. The highest BCUT2D eigenvalue weighted by atomic mass is 16.3. The van der Waals surface area contributed by atoms with E-state index in [4.69, 9.17) is 0 Å². The van der Waals surface area contributed by atoms with Gasteiger partial charge in [-0.15, -0.1) is 0 Å². The maximum atomic E-state index is 9.62. The van der Waals surface area contributed by atoms with Gasteiger partial charge in [-0.05, 0) is 68.8 Å². The summed E-state index contributed by atoms with van der Waals surface area (Å²) in [6.07, 6.45) is 7.72. The highest BCUT2D eigenvalue weighted by molar-refractivity contribution is 5.38. The molecule has 0 spiro atoms. The van der Waals surface area contributed by atoms with Gasteiger partial charge in [-0.2, -0.15) is 0 Å². The Bertz CT molecular complexity index is 429. The molecule has 0 radical (unpaired) electrons. The lowest BCUT2D eigenvalue weighted by molar-refractivity contribution is 0.0941. The van der Waals surface area contributed by atoms with Crippen LogP contribution in [0.4, 0.5) is 0 Å². The van der Waals surface area contributed by atoms with Crippen LogP contribution in [0.5, 0.6) is 5.75 Å². The Morgan fingerprint density at radius 3 is 2.89 bits per heavy atom. The molecule has 1 aliphatic heterocycles. The molecule has 2 aliphatic rings. The van der Waals surface area contributed by atoms with Crippen molar-refractivity contribution < 1.29 is 5.11 Å². The maximum Gasteiger partial charge on any atom is 0.115 e. The molecule has 18 heavy (non-hydrogen) atoms. The molecule has 98 valence electrons. The number of phenols is 1. The molecule has 1 aromatic rings. The molecule has 0 bridgehead atoms. The van der Waals surface area contributed by atoms with Crippen LogP contribution in [0.15, 0.2) is 18.2 Å². The normalized spacial score (nSPS) is 28.9. The highest BCUT2D eigenvalue weighted by Crippen LogP contribution is 2.38. The topological polar surface area (TPSA) is 23.5 Å². The van der Waals surface area contributed by atoms with Crippen LogP contribution in [0.3, 0.4) is 0 Å². The fraction of sp³-hybridized carbons (Fsp3) is 0.625. The third-order valence-electron chi connectivity index (χ3n) is 4.66. The summed E-state index contributed by atoms with van der Waals surface area (Å²) in [5, 5.41) is 9.62. The quantitative estimate of drug-likeness (QED) is 0.816. The van der Waals surface area contributed by atoms with Crippen LogP contribution in [-0.4, -0.2) is 22.6 Å². The van der Waals surface area contributed by atoms with Gasteiger partial charge < -0.3 is 5.11 Å². The number of aromatic hydroxyl groups is 1. The predicted octanol–water partition coefficient (Wildman–Crippen LogP) is 3.64. The first kappa shape index (κ1) is 12.0. The number of rotatable bonds is 1. The van der Waals surface area contributed by atoms with E-state index in [0.29, 0.717) is 17.8 Å². The lowest BCUT2D eigenvalue weighted by Crippen LogP contribution is -2.41. The standard InChI is InChI=1S/C16H23NO/c1-12-5-2-3-10-17(12)16-7-4-6-13-11-14(18)8-9-15(13)16/h8-9,11-12,16,18H,2-7,10H2,1H3. The molecule has 1 saturated heterocycles. The minimum atomic E-state index is 0.418. The summed E-state index contributed by atoms with van der Waals surface area (Å²) in [7, 11) is 0. The lowest BCUT2D eigenvalue weighted by atomic mass is 9.85. The van der Waals surface area contributed by atoms with E-state index in [0.717, 1.165) is 6.42 Å². The van der Waals surface area contributed by atoms with Gasteiger partial charge in [-0.3, -0.25) is 4.90 Å².